The second-order valence-corrected chi connectivity index (χ2v) is 6.29. The van der Waals surface area contributed by atoms with Gasteiger partial charge in [0.25, 0.3) is 0 Å². The van der Waals surface area contributed by atoms with Crippen LogP contribution in [0.4, 0.5) is 0 Å². The lowest BCUT2D eigenvalue weighted by Crippen LogP contribution is -2.46. The van der Waals surface area contributed by atoms with Gasteiger partial charge in [0.05, 0.1) is 25.4 Å². The summed E-state index contributed by atoms with van der Waals surface area (Å²) >= 11 is 0. The number of ether oxygens (including phenoxy) is 2. The average Bonchev–Trinajstić information content (AvgIpc) is 2.57. The van der Waals surface area contributed by atoms with Gasteiger partial charge in [0.15, 0.2) is 0 Å². The van der Waals surface area contributed by atoms with Gasteiger partial charge in [-0.1, -0.05) is 20.8 Å². The van der Waals surface area contributed by atoms with Gasteiger partial charge in [-0.2, -0.15) is 0 Å². The number of hydrogen-bond donors (Lipinski definition) is 1. The van der Waals surface area contributed by atoms with E-state index in [1.165, 1.54) is 12.8 Å². The summed E-state index contributed by atoms with van der Waals surface area (Å²) in [6.45, 7) is 13.5. The van der Waals surface area contributed by atoms with Crippen molar-refractivity contribution in [1.82, 2.24) is 5.32 Å². The average molecular weight is 257 g/mol. The molecule has 0 aromatic carbocycles. The van der Waals surface area contributed by atoms with Crippen LogP contribution >= 0.6 is 0 Å². The zero-order chi connectivity index (χ0) is 13.6. The Morgan fingerprint density at radius 2 is 2.00 bits per heavy atom. The van der Waals surface area contributed by atoms with Crippen molar-refractivity contribution >= 4 is 0 Å². The van der Waals surface area contributed by atoms with Gasteiger partial charge in [0.2, 0.25) is 0 Å². The van der Waals surface area contributed by atoms with Gasteiger partial charge in [-0.05, 0) is 45.1 Å². The first-order chi connectivity index (χ1) is 8.47. The van der Waals surface area contributed by atoms with Gasteiger partial charge in [-0.15, -0.1) is 0 Å². The molecule has 2 unspecified atom stereocenters. The van der Waals surface area contributed by atoms with Crippen LogP contribution in [0.25, 0.3) is 0 Å². The molecule has 0 amide bonds. The predicted octanol–water partition coefficient (Wildman–Crippen LogP) is 2.98. The van der Waals surface area contributed by atoms with Crippen molar-refractivity contribution < 1.29 is 9.47 Å². The minimum Gasteiger partial charge on any atom is -0.376 e. The summed E-state index contributed by atoms with van der Waals surface area (Å²) < 4.78 is 11.5. The van der Waals surface area contributed by atoms with Crippen LogP contribution in [0.15, 0.2) is 0 Å². The molecule has 0 aromatic rings. The molecule has 0 bridgehead atoms. The lowest BCUT2D eigenvalue weighted by molar-refractivity contribution is -0.0240. The van der Waals surface area contributed by atoms with Gasteiger partial charge in [0, 0.05) is 6.04 Å². The highest BCUT2D eigenvalue weighted by atomic mass is 16.5. The van der Waals surface area contributed by atoms with Crippen molar-refractivity contribution in [3.05, 3.63) is 0 Å². The Balaban J connectivity index is 2.34. The summed E-state index contributed by atoms with van der Waals surface area (Å²) in [5, 5.41) is 3.66. The molecule has 0 saturated heterocycles. The maximum absolute atomic E-state index is 6.01. The first-order valence-electron chi connectivity index (χ1n) is 7.44. The van der Waals surface area contributed by atoms with Gasteiger partial charge < -0.3 is 14.8 Å². The number of nitrogens with one attached hydrogen (secondary N) is 1. The van der Waals surface area contributed by atoms with Gasteiger partial charge in [-0.25, -0.2) is 0 Å². The fraction of sp³-hybridized carbons (Fsp3) is 1.00. The molecule has 0 heterocycles. The van der Waals surface area contributed by atoms with E-state index in [1.807, 2.05) is 0 Å². The van der Waals surface area contributed by atoms with Crippen molar-refractivity contribution in [1.29, 1.82) is 0 Å². The zero-order valence-corrected chi connectivity index (χ0v) is 12.8. The lowest BCUT2D eigenvalue weighted by atomic mass is 9.87. The first-order valence-corrected chi connectivity index (χ1v) is 7.44. The van der Waals surface area contributed by atoms with E-state index in [9.17, 15) is 0 Å². The molecule has 3 heteroatoms. The molecule has 1 N–H and O–H groups in total. The minimum absolute atomic E-state index is 0.294. The van der Waals surface area contributed by atoms with Crippen LogP contribution in [0.3, 0.4) is 0 Å². The van der Waals surface area contributed by atoms with Crippen LogP contribution in [0, 0.1) is 5.41 Å². The van der Waals surface area contributed by atoms with E-state index in [0.717, 1.165) is 13.0 Å². The third kappa shape index (κ3) is 4.87. The topological polar surface area (TPSA) is 30.5 Å². The first kappa shape index (κ1) is 15.9. The Kier molecular flexibility index (Phi) is 6.61. The van der Waals surface area contributed by atoms with E-state index in [1.54, 1.807) is 0 Å². The van der Waals surface area contributed by atoms with Crippen LogP contribution in [0.2, 0.25) is 0 Å². The standard InChI is InChI=1S/C15H31NO2/c1-6-9-16-14-13(7-8-15(14,4)5)18-11-10-17-12(2)3/h12-14,16H,6-11H2,1-5H3. The summed E-state index contributed by atoms with van der Waals surface area (Å²) in [7, 11) is 0. The second kappa shape index (κ2) is 7.46. The van der Waals surface area contributed by atoms with Crippen molar-refractivity contribution in [2.45, 2.75) is 72.1 Å². The monoisotopic (exact) mass is 257 g/mol. The summed E-state index contributed by atoms with van der Waals surface area (Å²) in [6, 6.07) is 0.483. The molecule has 0 aromatic heterocycles. The van der Waals surface area contributed by atoms with Crippen molar-refractivity contribution in [3.8, 4) is 0 Å². The van der Waals surface area contributed by atoms with Crippen molar-refractivity contribution in [3.63, 3.8) is 0 Å². The van der Waals surface area contributed by atoms with E-state index in [0.29, 0.717) is 36.9 Å². The molecule has 1 aliphatic carbocycles. The maximum Gasteiger partial charge on any atom is 0.0734 e. The molecule has 1 aliphatic rings. The molecule has 0 aliphatic heterocycles. The Bertz CT molecular complexity index is 229. The normalized spacial score (nSPS) is 27.0. The highest BCUT2D eigenvalue weighted by molar-refractivity contribution is 4.97. The highest BCUT2D eigenvalue weighted by Crippen LogP contribution is 2.38. The Morgan fingerprint density at radius 3 is 2.61 bits per heavy atom. The molecule has 0 radical (unpaired) electrons. The summed E-state index contributed by atoms with van der Waals surface area (Å²) in [4.78, 5) is 0. The highest BCUT2D eigenvalue weighted by Gasteiger charge is 2.41. The number of hydrogen-bond acceptors (Lipinski definition) is 3. The molecule has 2 atom stereocenters. The summed E-state index contributed by atoms with van der Waals surface area (Å²) in [6.07, 6.45) is 4.22. The molecule has 3 nitrogen and oxygen atoms in total. The van der Waals surface area contributed by atoms with Crippen LogP contribution in [-0.2, 0) is 9.47 Å². The smallest absolute Gasteiger partial charge is 0.0734 e. The molecule has 0 spiro atoms. The molecule has 1 fully saturated rings. The Morgan fingerprint density at radius 1 is 1.28 bits per heavy atom. The number of rotatable bonds is 8. The summed E-state index contributed by atoms with van der Waals surface area (Å²) in [5.41, 5.74) is 0.346. The van der Waals surface area contributed by atoms with Gasteiger partial charge in [0.1, 0.15) is 0 Å². The molecule has 108 valence electrons. The second-order valence-electron chi connectivity index (χ2n) is 6.29. The fourth-order valence-electron chi connectivity index (χ4n) is 2.71. The van der Waals surface area contributed by atoms with Gasteiger partial charge in [-0.3, -0.25) is 0 Å². The maximum atomic E-state index is 6.01. The lowest BCUT2D eigenvalue weighted by Gasteiger charge is -2.31. The van der Waals surface area contributed by atoms with Crippen LogP contribution in [0.1, 0.15) is 53.9 Å². The minimum atomic E-state index is 0.294. The molecule has 1 saturated carbocycles. The predicted molar refractivity (Wildman–Crippen MR) is 75.9 cm³/mol. The molecule has 1 rings (SSSR count). The van der Waals surface area contributed by atoms with E-state index >= 15 is 0 Å². The fourth-order valence-corrected chi connectivity index (χ4v) is 2.71. The SMILES string of the molecule is CCCNC1C(OCCOC(C)C)CCC1(C)C. The van der Waals surface area contributed by atoms with Crippen LogP contribution in [-0.4, -0.2) is 38.0 Å². The van der Waals surface area contributed by atoms with E-state index < -0.39 is 0 Å². The van der Waals surface area contributed by atoms with E-state index in [-0.39, 0.29) is 0 Å². The largest absolute Gasteiger partial charge is 0.376 e. The molecular formula is C15H31NO2. The Labute approximate surface area is 113 Å². The molecule has 18 heavy (non-hydrogen) atoms. The third-order valence-electron chi connectivity index (χ3n) is 3.77. The van der Waals surface area contributed by atoms with Crippen LogP contribution in [0.5, 0.6) is 0 Å². The van der Waals surface area contributed by atoms with Gasteiger partial charge >= 0.3 is 0 Å². The van der Waals surface area contributed by atoms with Crippen molar-refractivity contribution in [2.24, 2.45) is 5.41 Å². The summed E-state index contributed by atoms with van der Waals surface area (Å²) in [5.74, 6) is 0. The van der Waals surface area contributed by atoms with Crippen molar-refractivity contribution in [2.75, 3.05) is 19.8 Å². The van der Waals surface area contributed by atoms with E-state index in [2.05, 4.69) is 39.9 Å². The zero-order valence-electron chi connectivity index (χ0n) is 12.8. The molecular weight excluding hydrogens is 226 g/mol. The Hall–Kier alpha value is -0.120. The van der Waals surface area contributed by atoms with E-state index in [4.69, 9.17) is 9.47 Å². The third-order valence-corrected chi connectivity index (χ3v) is 3.77. The van der Waals surface area contributed by atoms with Crippen LogP contribution < -0.4 is 5.32 Å². The quantitative estimate of drug-likeness (QED) is 0.678.